The van der Waals surface area contributed by atoms with Crippen molar-refractivity contribution in [1.82, 2.24) is 0 Å². The third-order valence-electron chi connectivity index (χ3n) is 2.83. The van der Waals surface area contributed by atoms with Crippen molar-refractivity contribution in [3.05, 3.63) is 0 Å². The van der Waals surface area contributed by atoms with E-state index in [1.807, 2.05) is 13.8 Å². The Kier molecular flexibility index (Phi) is 3.77. The van der Waals surface area contributed by atoms with E-state index in [0.29, 0.717) is 11.7 Å². The first-order valence-corrected chi connectivity index (χ1v) is 5.25. The maximum atomic E-state index is 11.7. The van der Waals surface area contributed by atoms with Crippen LogP contribution < -0.4 is 0 Å². The highest BCUT2D eigenvalue weighted by Crippen LogP contribution is 2.25. The molecule has 1 fully saturated rings. The van der Waals surface area contributed by atoms with E-state index in [9.17, 15) is 4.79 Å². The molecular formula is C11H20O. The number of rotatable bonds is 2. The number of hydrogen-bond acceptors (Lipinski definition) is 1. The molecule has 1 aliphatic rings. The SMILES string of the molecule is CC(C)C(=O)C1CCCCCC1. The van der Waals surface area contributed by atoms with Gasteiger partial charge in [-0.25, -0.2) is 0 Å². The fourth-order valence-corrected chi connectivity index (χ4v) is 2.04. The zero-order chi connectivity index (χ0) is 8.97. The van der Waals surface area contributed by atoms with Crippen LogP contribution in [0.3, 0.4) is 0 Å². The van der Waals surface area contributed by atoms with Gasteiger partial charge in [-0.05, 0) is 12.8 Å². The molecule has 1 heteroatoms. The summed E-state index contributed by atoms with van der Waals surface area (Å²) in [6.07, 6.45) is 7.50. The lowest BCUT2D eigenvalue weighted by atomic mass is 9.89. The Labute approximate surface area is 75.5 Å². The van der Waals surface area contributed by atoms with Gasteiger partial charge >= 0.3 is 0 Å². The van der Waals surface area contributed by atoms with E-state index in [1.165, 1.54) is 25.7 Å². The Morgan fingerprint density at radius 2 is 1.58 bits per heavy atom. The van der Waals surface area contributed by atoms with Gasteiger partial charge in [0, 0.05) is 11.8 Å². The molecule has 0 saturated heterocycles. The number of hydrogen-bond donors (Lipinski definition) is 0. The summed E-state index contributed by atoms with van der Waals surface area (Å²) in [5, 5.41) is 0. The molecule has 1 nitrogen and oxygen atoms in total. The summed E-state index contributed by atoms with van der Waals surface area (Å²) in [6, 6.07) is 0. The van der Waals surface area contributed by atoms with Gasteiger partial charge in [0.2, 0.25) is 0 Å². The monoisotopic (exact) mass is 168 g/mol. The van der Waals surface area contributed by atoms with Crippen molar-refractivity contribution in [2.75, 3.05) is 0 Å². The molecule has 12 heavy (non-hydrogen) atoms. The van der Waals surface area contributed by atoms with E-state index in [1.54, 1.807) is 0 Å². The molecule has 0 N–H and O–H groups in total. The van der Waals surface area contributed by atoms with Crippen molar-refractivity contribution >= 4 is 5.78 Å². The Balaban J connectivity index is 2.43. The van der Waals surface area contributed by atoms with Crippen LogP contribution in [-0.2, 0) is 4.79 Å². The highest BCUT2D eigenvalue weighted by Gasteiger charge is 2.21. The zero-order valence-electron chi connectivity index (χ0n) is 8.31. The molecule has 0 heterocycles. The molecule has 0 aliphatic heterocycles. The number of carbonyl (C=O) groups is 1. The van der Waals surface area contributed by atoms with E-state index >= 15 is 0 Å². The largest absolute Gasteiger partial charge is 0.299 e. The lowest BCUT2D eigenvalue weighted by molar-refractivity contribution is -0.126. The molecule has 1 rings (SSSR count). The van der Waals surface area contributed by atoms with Crippen LogP contribution in [0.1, 0.15) is 52.4 Å². The molecule has 0 spiro atoms. The standard InChI is InChI=1S/C11H20O/c1-9(2)11(12)10-7-5-3-4-6-8-10/h9-10H,3-8H2,1-2H3. The van der Waals surface area contributed by atoms with Gasteiger partial charge in [-0.2, -0.15) is 0 Å². The quantitative estimate of drug-likeness (QED) is 0.579. The molecule has 0 atom stereocenters. The second-order valence-electron chi connectivity index (χ2n) is 4.25. The first-order chi connectivity index (χ1) is 5.72. The normalized spacial score (nSPS) is 20.9. The van der Waals surface area contributed by atoms with Crippen molar-refractivity contribution in [1.29, 1.82) is 0 Å². The Morgan fingerprint density at radius 1 is 1.08 bits per heavy atom. The van der Waals surface area contributed by atoms with Gasteiger partial charge in [0.15, 0.2) is 0 Å². The third-order valence-corrected chi connectivity index (χ3v) is 2.83. The van der Waals surface area contributed by atoms with Crippen LogP contribution >= 0.6 is 0 Å². The van der Waals surface area contributed by atoms with E-state index in [4.69, 9.17) is 0 Å². The van der Waals surface area contributed by atoms with Crippen molar-refractivity contribution in [2.24, 2.45) is 11.8 Å². The first kappa shape index (κ1) is 9.76. The van der Waals surface area contributed by atoms with Gasteiger partial charge in [0.25, 0.3) is 0 Å². The summed E-state index contributed by atoms with van der Waals surface area (Å²) >= 11 is 0. The molecule has 1 aliphatic carbocycles. The highest BCUT2D eigenvalue weighted by molar-refractivity contribution is 5.82. The Morgan fingerprint density at radius 3 is 2.00 bits per heavy atom. The second-order valence-corrected chi connectivity index (χ2v) is 4.25. The van der Waals surface area contributed by atoms with Gasteiger partial charge in [0.05, 0.1) is 0 Å². The van der Waals surface area contributed by atoms with E-state index < -0.39 is 0 Å². The second kappa shape index (κ2) is 4.64. The molecule has 0 bridgehead atoms. The Bertz CT molecular complexity index is 141. The van der Waals surface area contributed by atoms with Crippen LogP contribution in [0.4, 0.5) is 0 Å². The highest BCUT2D eigenvalue weighted by atomic mass is 16.1. The summed E-state index contributed by atoms with van der Waals surface area (Å²) < 4.78 is 0. The third kappa shape index (κ3) is 2.62. The van der Waals surface area contributed by atoms with E-state index in [0.717, 1.165) is 12.8 Å². The Hall–Kier alpha value is -0.330. The van der Waals surface area contributed by atoms with Crippen molar-refractivity contribution in [2.45, 2.75) is 52.4 Å². The van der Waals surface area contributed by atoms with Crippen LogP contribution in [0.2, 0.25) is 0 Å². The molecular weight excluding hydrogens is 148 g/mol. The summed E-state index contributed by atoms with van der Waals surface area (Å²) in [4.78, 5) is 11.7. The summed E-state index contributed by atoms with van der Waals surface area (Å²) in [5.41, 5.74) is 0. The average molecular weight is 168 g/mol. The van der Waals surface area contributed by atoms with Crippen LogP contribution in [0, 0.1) is 11.8 Å². The van der Waals surface area contributed by atoms with Crippen molar-refractivity contribution in [3.63, 3.8) is 0 Å². The molecule has 0 radical (unpaired) electrons. The number of carbonyl (C=O) groups excluding carboxylic acids is 1. The minimum atomic E-state index is 0.244. The van der Waals surface area contributed by atoms with Gasteiger partial charge in [0.1, 0.15) is 5.78 Å². The molecule has 70 valence electrons. The number of ketones is 1. The van der Waals surface area contributed by atoms with Gasteiger partial charge in [-0.3, -0.25) is 4.79 Å². The van der Waals surface area contributed by atoms with Crippen LogP contribution in [0.5, 0.6) is 0 Å². The molecule has 1 saturated carbocycles. The van der Waals surface area contributed by atoms with Crippen molar-refractivity contribution < 1.29 is 4.79 Å². The summed E-state index contributed by atoms with van der Waals surface area (Å²) in [7, 11) is 0. The van der Waals surface area contributed by atoms with Gasteiger partial charge in [-0.15, -0.1) is 0 Å². The van der Waals surface area contributed by atoms with Crippen LogP contribution in [0.15, 0.2) is 0 Å². The lowest BCUT2D eigenvalue weighted by Gasteiger charge is -2.14. The van der Waals surface area contributed by atoms with Gasteiger partial charge in [-0.1, -0.05) is 39.5 Å². The van der Waals surface area contributed by atoms with Gasteiger partial charge < -0.3 is 0 Å². The fraction of sp³-hybridized carbons (Fsp3) is 0.909. The summed E-state index contributed by atoms with van der Waals surface area (Å²) in [6.45, 7) is 4.04. The smallest absolute Gasteiger partial charge is 0.138 e. The topological polar surface area (TPSA) is 17.1 Å². The number of Topliss-reactive ketones (excluding diaryl/α,β-unsaturated/α-hetero) is 1. The molecule has 0 aromatic rings. The molecule has 0 aromatic heterocycles. The fourth-order valence-electron chi connectivity index (χ4n) is 2.04. The predicted molar refractivity (Wildman–Crippen MR) is 51.0 cm³/mol. The lowest BCUT2D eigenvalue weighted by Crippen LogP contribution is -2.19. The maximum Gasteiger partial charge on any atom is 0.138 e. The van der Waals surface area contributed by atoms with E-state index in [2.05, 4.69) is 0 Å². The zero-order valence-corrected chi connectivity index (χ0v) is 8.31. The molecule has 0 amide bonds. The summed E-state index contributed by atoms with van der Waals surface area (Å²) in [5.74, 6) is 1.14. The first-order valence-electron chi connectivity index (χ1n) is 5.25. The van der Waals surface area contributed by atoms with Crippen LogP contribution in [-0.4, -0.2) is 5.78 Å². The van der Waals surface area contributed by atoms with Crippen molar-refractivity contribution in [3.8, 4) is 0 Å². The minimum Gasteiger partial charge on any atom is -0.299 e. The van der Waals surface area contributed by atoms with Crippen LogP contribution in [0.25, 0.3) is 0 Å². The predicted octanol–water partition coefficient (Wildman–Crippen LogP) is 3.18. The molecule has 0 unspecified atom stereocenters. The molecule has 0 aromatic carbocycles. The minimum absolute atomic E-state index is 0.244. The maximum absolute atomic E-state index is 11.7. The average Bonchev–Trinajstić information content (AvgIpc) is 2.30. The van der Waals surface area contributed by atoms with E-state index in [-0.39, 0.29) is 5.92 Å².